The van der Waals surface area contributed by atoms with E-state index in [1.807, 2.05) is 12.2 Å². The summed E-state index contributed by atoms with van der Waals surface area (Å²) in [7, 11) is 2.85. The predicted molar refractivity (Wildman–Crippen MR) is 73.1 cm³/mol. The Bertz CT molecular complexity index is 1130. The van der Waals surface area contributed by atoms with Crippen molar-refractivity contribution >= 4 is 0 Å². The highest BCUT2D eigenvalue weighted by Crippen LogP contribution is 2.53. The Morgan fingerprint density at radius 3 is 2.32 bits per heavy atom. The van der Waals surface area contributed by atoms with Crippen molar-refractivity contribution in [3.05, 3.63) is 54.1 Å². The maximum atomic E-state index is 12.4. The molecule has 2 aliphatic heterocycles. The second-order valence-electron chi connectivity index (χ2n) is 6.09. The molecule has 0 saturated carbocycles. The molecule has 0 fully saturated rings. The lowest BCUT2D eigenvalue weighted by atomic mass is 9.95. The molecule has 0 unspecified atom stereocenters. The third-order valence-electron chi connectivity index (χ3n) is 5.18. The first kappa shape index (κ1) is 11.8. The van der Waals surface area contributed by atoms with E-state index in [0.717, 1.165) is 9.13 Å². The molecular weight excluding hydrogens is 292 g/mol. The van der Waals surface area contributed by atoms with Crippen LogP contribution in [-0.4, -0.2) is 27.9 Å². The number of aromatic nitrogens is 6. The van der Waals surface area contributed by atoms with Crippen LogP contribution in [0.25, 0.3) is 0 Å². The zero-order valence-corrected chi connectivity index (χ0v) is 11.8. The van der Waals surface area contributed by atoms with Crippen LogP contribution in [0.15, 0.2) is 31.3 Å². The molecule has 2 aromatic rings. The standard InChI is InChI=1S/C12H12N6O4/c1-13-8(19)15-5-12-4-3-6(7(12)17(15)10(13)21)16-9(20)14(2)11(22)18(12)16/h3-4,6-7H,5H2,1-2H3/t6-,7+,12+/m1/s1. The van der Waals surface area contributed by atoms with Crippen molar-refractivity contribution < 1.29 is 0 Å². The van der Waals surface area contributed by atoms with Crippen LogP contribution < -0.4 is 22.8 Å². The second-order valence-corrected chi connectivity index (χ2v) is 6.09. The first-order chi connectivity index (χ1) is 10.4. The van der Waals surface area contributed by atoms with Gasteiger partial charge in [0.05, 0.1) is 12.6 Å². The lowest BCUT2D eigenvalue weighted by molar-refractivity contribution is 0.306. The molecule has 3 atom stereocenters. The van der Waals surface area contributed by atoms with Crippen LogP contribution >= 0.6 is 0 Å². The van der Waals surface area contributed by atoms with E-state index in [2.05, 4.69) is 0 Å². The minimum atomic E-state index is -0.852. The van der Waals surface area contributed by atoms with Gasteiger partial charge in [-0.15, -0.1) is 0 Å². The number of rotatable bonds is 0. The largest absolute Gasteiger partial charge is 0.347 e. The van der Waals surface area contributed by atoms with Gasteiger partial charge in [-0.3, -0.25) is 0 Å². The van der Waals surface area contributed by atoms with Gasteiger partial charge in [-0.2, -0.15) is 0 Å². The molecule has 4 heterocycles. The first-order valence-electron chi connectivity index (χ1n) is 6.89. The smallest absolute Gasteiger partial charge is 0.246 e. The molecule has 2 bridgehead atoms. The van der Waals surface area contributed by atoms with Crippen molar-refractivity contribution in [1.82, 2.24) is 27.9 Å². The Balaban J connectivity index is 1.92. The maximum Gasteiger partial charge on any atom is 0.347 e. The lowest BCUT2D eigenvalue weighted by Crippen LogP contribution is -2.43. The number of hydrogen-bond donors (Lipinski definition) is 0. The lowest BCUT2D eigenvalue weighted by Gasteiger charge is -2.22. The molecule has 5 rings (SSSR count). The molecule has 22 heavy (non-hydrogen) atoms. The van der Waals surface area contributed by atoms with Gasteiger partial charge in [0.1, 0.15) is 11.6 Å². The second kappa shape index (κ2) is 3.03. The van der Waals surface area contributed by atoms with Crippen molar-refractivity contribution in [3.8, 4) is 0 Å². The highest BCUT2D eigenvalue weighted by atomic mass is 16.2. The molecule has 10 heteroatoms. The van der Waals surface area contributed by atoms with Crippen molar-refractivity contribution in [2.24, 2.45) is 14.1 Å². The van der Waals surface area contributed by atoms with Crippen LogP contribution in [0.4, 0.5) is 0 Å². The summed E-state index contributed by atoms with van der Waals surface area (Å²) in [5.41, 5.74) is -2.54. The van der Waals surface area contributed by atoms with E-state index in [1.54, 1.807) is 0 Å². The molecule has 0 aromatic carbocycles. The Morgan fingerprint density at radius 2 is 1.59 bits per heavy atom. The fraction of sp³-hybridized carbons (Fsp3) is 0.500. The summed E-state index contributed by atoms with van der Waals surface area (Å²) in [5.74, 6) is 0. The Morgan fingerprint density at radius 1 is 0.955 bits per heavy atom. The molecule has 0 spiro atoms. The molecule has 2 aromatic heterocycles. The van der Waals surface area contributed by atoms with Gasteiger partial charge in [0.2, 0.25) is 0 Å². The van der Waals surface area contributed by atoms with E-state index in [1.165, 1.54) is 32.8 Å². The highest BCUT2D eigenvalue weighted by Gasteiger charge is 2.62. The summed E-state index contributed by atoms with van der Waals surface area (Å²) in [6.07, 6.45) is 3.67. The Kier molecular flexibility index (Phi) is 1.63. The van der Waals surface area contributed by atoms with Gasteiger partial charge in [0, 0.05) is 14.1 Å². The molecule has 1 aliphatic carbocycles. The SMILES string of the molecule is Cn1c(=O)n2n(c1=O)[C@H]1[C@H]3C=C[C@@]1(C2)n1c(=O)n(C)c(=O)n13. The summed E-state index contributed by atoms with van der Waals surface area (Å²) in [5, 5.41) is 0. The Labute approximate surface area is 121 Å². The van der Waals surface area contributed by atoms with E-state index in [0.29, 0.717) is 0 Å². The summed E-state index contributed by atoms with van der Waals surface area (Å²) in [4.78, 5) is 49.2. The van der Waals surface area contributed by atoms with E-state index in [4.69, 9.17) is 0 Å². The highest BCUT2D eigenvalue weighted by molar-refractivity contribution is 5.28. The van der Waals surface area contributed by atoms with E-state index in [9.17, 15) is 19.2 Å². The fourth-order valence-corrected chi connectivity index (χ4v) is 4.20. The Hall–Kier alpha value is -2.78. The summed E-state index contributed by atoms with van der Waals surface area (Å²) in [6, 6.07) is -0.884. The van der Waals surface area contributed by atoms with Crippen molar-refractivity contribution in [2.45, 2.75) is 24.2 Å². The molecule has 0 saturated heterocycles. The van der Waals surface area contributed by atoms with Crippen molar-refractivity contribution in [3.63, 3.8) is 0 Å². The molecular formula is C12H12N6O4. The minimum absolute atomic E-state index is 0.170. The third-order valence-corrected chi connectivity index (χ3v) is 5.18. The molecule has 10 nitrogen and oxygen atoms in total. The van der Waals surface area contributed by atoms with Crippen molar-refractivity contribution in [2.75, 3.05) is 0 Å². The minimum Gasteiger partial charge on any atom is -0.246 e. The number of fused-ring (bicyclic) bond motifs is 3. The third kappa shape index (κ3) is 0.869. The fourth-order valence-electron chi connectivity index (χ4n) is 4.20. The van der Waals surface area contributed by atoms with Gasteiger partial charge < -0.3 is 0 Å². The number of nitrogens with zero attached hydrogens (tertiary/aromatic N) is 6. The molecule has 0 N–H and O–H groups in total. The summed E-state index contributed by atoms with van der Waals surface area (Å²) >= 11 is 0. The molecule has 0 amide bonds. The van der Waals surface area contributed by atoms with Gasteiger partial charge >= 0.3 is 22.8 Å². The van der Waals surface area contributed by atoms with Crippen LogP contribution in [0.2, 0.25) is 0 Å². The summed E-state index contributed by atoms with van der Waals surface area (Å²) in [6.45, 7) is 0.170. The van der Waals surface area contributed by atoms with Gasteiger partial charge in [0.15, 0.2) is 0 Å². The average molecular weight is 304 g/mol. The zero-order chi connectivity index (χ0) is 15.5. The maximum absolute atomic E-state index is 12.4. The van der Waals surface area contributed by atoms with Crippen molar-refractivity contribution in [1.29, 1.82) is 0 Å². The normalized spacial score (nSPS) is 29.9. The van der Waals surface area contributed by atoms with Crippen LogP contribution in [0.3, 0.4) is 0 Å². The van der Waals surface area contributed by atoms with Crippen LogP contribution in [0.1, 0.15) is 12.1 Å². The zero-order valence-electron chi connectivity index (χ0n) is 11.8. The number of hydrogen-bond acceptors (Lipinski definition) is 4. The summed E-state index contributed by atoms with van der Waals surface area (Å²) < 4.78 is 7.61. The van der Waals surface area contributed by atoms with Gasteiger partial charge in [-0.05, 0) is 0 Å². The topological polar surface area (TPSA) is 97.9 Å². The van der Waals surface area contributed by atoms with Gasteiger partial charge in [0.25, 0.3) is 0 Å². The van der Waals surface area contributed by atoms with Gasteiger partial charge in [-0.25, -0.2) is 47.0 Å². The van der Waals surface area contributed by atoms with E-state index < -0.39 is 40.4 Å². The molecule has 0 radical (unpaired) electrons. The van der Waals surface area contributed by atoms with E-state index >= 15 is 0 Å². The predicted octanol–water partition coefficient (Wildman–Crippen LogP) is -2.91. The van der Waals surface area contributed by atoms with E-state index in [-0.39, 0.29) is 6.54 Å². The monoisotopic (exact) mass is 304 g/mol. The van der Waals surface area contributed by atoms with Crippen LogP contribution in [-0.2, 0) is 26.2 Å². The van der Waals surface area contributed by atoms with Crippen LogP contribution in [0.5, 0.6) is 0 Å². The van der Waals surface area contributed by atoms with Gasteiger partial charge in [-0.1, -0.05) is 12.2 Å². The molecule has 3 aliphatic rings. The quantitative estimate of drug-likeness (QED) is 0.487. The van der Waals surface area contributed by atoms with Crippen LogP contribution in [0, 0.1) is 0 Å². The first-order valence-corrected chi connectivity index (χ1v) is 6.89. The average Bonchev–Trinajstić information content (AvgIpc) is 3.19. The molecule has 114 valence electrons. The number of allylic oxidation sites excluding steroid dienone is 2.